The van der Waals surface area contributed by atoms with Crippen molar-refractivity contribution in [3.63, 3.8) is 0 Å². The van der Waals surface area contributed by atoms with Crippen molar-refractivity contribution < 1.29 is 5.11 Å². The normalized spacial score (nSPS) is 9.24. The van der Waals surface area contributed by atoms with Crippen LogP contribution in [0, 0.1) is 0 Å². The summed E-state index contributed by atoms with van der Waals surface area (Å²) in [6.07, 6.45) is 1.69. The number of rotatable bonds is 5. The molecule has 0 radical (unpaired) electrons. The predicted molar refractivity (Wildman–Crippen MR) is 96.1 cm³/mol. The summed E-state index contributed by atoms with van der Waals surface area (Å²) in [4.78, 5) is 0. The molecule has 0 atom stereocenters. The molecule has 0 unspecified atom stereocenters. The second-order valence-electron chi connectivity index (χ2n) is 3.93. The van der Waals surface area contributed by atoms with E-state index in [1.165, 1.54) is 11.1 Å². The summed E-state index contributed by atoms with van der Waals surface area (Å²) in [5.74, 6) is 0. The van der Waals surface area contributed by atoms with Crippen molar-refractivity contribution in [3.05, 3.63) is 71.8 Å². The molecule has 2 nitrogen and oxygen atoms in total. The van der Waals surface area contributed by atoms with Crippen LogP contribution in [0.15, 0.2) is 60.7 Å². The summed E-state index contributed by atoms with van der Waals surface area (Å²) < 4.78 is 0. The highest BCUT2D eigenvalue weighted by Crippen LogP contribution is 2.21. The Bertz CT molecular complexity index is 394. The van der Waals surface area contributed by atoms with Gasteiger partial charge in [-0.05, 0) is 17.4 Å². The second kappa shape index (κ2) is 13.7. The maximum Gasteiger partial charge on any atom is 0.0577 e. The van der Waals surface area contributed by atoms with Gasteiger partial charge in [-0.2, -0.15) is 12.6 Å². The Morgan fingerprint density at radius 1 is 0.857 bits per heavy atom. The first kappa shape index (κ1) is 19.7. The number of thiol groups is 1. The van der Waals surface area contributed by atoms with E-state index < -0.39 is 0 Å². The topological polar surface area (TPSA) is 32.3 Å². The van der Waals surface area contributed by atoms with Crippen molar-refractivity contribution in [2.45, 2.75) is 19.9 Å². The highest BCUT2D eigenvalue weighted by Gasteiger charge is 2.11. The van der Waals surface area contributed by atoms with Gasteiger partial charge in [0.1, 0.15) is 0 Å². The lowest BCUT2D eigenvalue weighted by Gasteiger charge is -2.19. The molecule has 0 aliphatic rings. The van der Waals surface area contributed by atoms with Crippen LogP contribution in [0.2, 0.25) is 0 Å². The van der Waals surface area contributed by atoms with Gasteiger partial charge >= 0.3 is 0 Å². The fraction of sp³-hybridized carbons (Fsp3) is 0.333. The molecule has 3 heteroatoms. The van der Waals surface area contributed by atoms with E-state index in [4.69, 9.17) is 5.11 Å². The lowest BCUT2D eigenvalue weighted by Crippen LogP contribution is -2.25. The number of benzene rings is 2. The smallest absolute Gasteiger partial charge is 0.0577 e. The first-order valence-corrected chi connectivity index (χ1v) is 8.20. The van der Waals surface area contributed by atoms with E-state index in [1.807, 2.05) is 50.2 Å². The summed E-state index contributed by atoms with van der Waals surface area (Å²) in [5.41, 5.74) is 2.43. The number of aliphatic hydroxyl groups excluding tert-OH is 1. The van der Waals surface area contributed by atoms with Gasteiger partial charge in [0.25, 0.3) is 0 Å². The molecule has 2 N–H and O–H groups in total. The molecule has 0 aromatic heterocycles. The zero-order valence-corrected chi connectivity index (χ0v) is 14.1. The van der Waals surface area contributed by atoms with Crippen LogP contribution in [0.5, 0.6) is 0 Å². The van der Waals surface area contributed by atoms with Crippen LogP contribution in [0.1, 0.15) is 31.0 Å². The number of nitrogens with one attached hydrogen (secondary N) is 1. The average Bonchev–Trinajstić information content (AvgIpc) is 2.61. The van der Waals surface area contributed by atoms with Crippen LogP contribution in [0.4, 0.5) is 0 Å². The van der Waals surface area contributed by atoms with E-state index in [2.05, 4.69) is 42.2 Å². The quantitative estimate of drug-likeness (QED) is 0.731. The molecule has 0 saturated carbocycles. The minimum Gasteiger partial charge on any atom is -0.395 e. The zero-order valence-electron chi connectivity index (χ0n) is 13.2. The van der Waals surface area contributed by atoms with E-state index in [0.29, 0.717) is 6.54 Å². The van der Waals surface area contributed by atoms with Crippen LogP contribution < -0.4 is 5.32 Å². The minimum absolute atomic E-state index is 0.143. The molecule has 0 saturated heterocycles. The van der Waals surface area contributed by atoms with Crippen molar-refractivity contribution in [2.75, 3.05) is 19.4 Å². The van der Waals surface area contributed by atoms with Gasteiger partial charge in [0.15, 0.2) is 0 Å². The molecule has 21 heavy (non-hydrogen) atoms. The van der Waals surface area contributed by atoms with Crippen molar-refractivity contribution >= 4 is 12.6 Å². The lowest BCUT2D eigenvalue weighted by atomic mass is 9.99. The summed E-state index contributed by atoms with van der Waals surface area (Å²) in [6, 6.07) is 20.7. The van der Waals surface area contributed by atoms with Crippen LogP contribution in [0.25, 0.3) is 0 Å². The van der Waals surface area contributed by atoms with Crippen LogP contribution in [-0.4, -0.2) is 24.5 Å². The molecule has 0 amide bonds. The van der Waals surface area contributed by atoms with Gasteiger partial charge in [0.05, 0.1) is 12.6 Å². The number of hydrogen-bond acceptors (Lipinski definition) is 3. The highest BCUT2D eigenvalue weighted by molar-refractivity contribution is 7.79. The number of hydrogen-bond donors (Lipinski definition) is 3. The number of aliphatic hydroxyl groups is 1. The first-order valence-electron chi connectivity index (χ1n) is 7.30. The SMILES string of the molecule is CC.CS.OCCNC(c1ccccc1)c1ccccc1. The summed E-state index contributed by atoms with van der Waals surface area (Å²) in [7, 11) is 0. The first-order chi connectivity index (χ1) is 10.4. The van der Waals surface area contributed by atoms with Gasteiger partial charge in [-0.1, -0.05) is 74.5 Å². The Labute approximate surface area is 134 Å². The molecule has 2 aromatic carbocycles. The van der Waals surface area contributed by atoms with Crippen molar-refractivity contribution in [2.24, 2.45) is 0 Å². The van der Waals surface area contributed by atoms with Gasteiger partial charge in [0, 0.05) is 6.54 Å². The van der Waals surface area contributed by atoms with Gasteiger partial charge < -0.3 is 10.4 Å². The summed E-state index contributed by atoms with van der Waals surface area (Å²) >= 11 is 3.53. The molecule has 2 aromatic rings. The molecule has 116 valence electrons. The second-order valence-corrected chi connectivity index (χ2v) is 3.93. The third kappa shape index (κ3) is 7.32. The predicted octanol–water partition coefficient (Wildman–Crippen LogP) is 3.93. The zero-order chi connectivity index (χ0) is 15.9. The maximum atomic E-state index is 8.95. The Kier molecular flexibility index (Phi) is 12.8. The Balaban J connectivity index is 0.000000921. The van der Waals surface area contributed by atoms with Crippen LogP contribution >= 0.6 is 12.6 Å². The Morgan fingerprint density at radius 2 is 1.24 bits per heavy atom. The average molecular weight is 305 g/mol. The van der Waals surface area contributed by atoms with Crippen molar-refractivity contribution in [1.29, 1.82) is 0 Å². The third-order valence-corrected chi connectivity index (χ3v) is 2.73. The van der Waals surface area contributed by atoms with Gasteiger partial charge in [-0.25, -0.2) is 0 Å². The van der Waals surface area contributed by atoms with Gasteiger partial charge in [-0.15, -0.1) is 0 Å². The van der Waals surface area contributed by atoms with Gasteiger partial charge in [-0.3, -0.25) is 0 Å². The van der Waals surface area contributed by atoms with E-state index in [9.17, 15) is 0 Å². The van der Waals surface area contributed by atoms with E-state index in [-0.39, 0.29) is 12.6 Å². The van der Waals surface area contributed by atoms with E-state index in [1.54, 1.807) is 6.26 Å². The highest BCUT2D eigenvalue weighted by atomic mass is 32.1. The van der Waals surface area contributed by atoms with E-state index >= 15 is 0 Å². The molecule has 0 fully saturated rings. The maximum absolute atomic E-state index is 8.95. The molecule has 0 heterocycles. The Morgan fingerprint density at radius 3 is 1.57 bits per heavy atom. The fourth-order valence-electron chi connectivity index (χ4n) is 1.93. The largest absolute Gasteiger partial charge is 0.395 e. The fourth-order valence-corrected chi connectivity index (χ4v) is 1.93. The van der Waals surface area contributed by atoms with Crippen molar-refractivity contribution in [1.82, 2.24) is 5.32 Å². The molecule has 0 spiro atoms. The van der Waals surface area contributed by atoms with Gasteiger partial charge in [0.2, 0.25) is 0 Å². The monoisotopic (exact) mass is 305 g/mol. The minimum atomic E-state index is 0.143. The molecular weight excluding hydrogens is 278 g/mol. The Hall–Kier alpha value is -1.29. The molecular formula is C18H27NOS. The van der Waals surface area contributed by atoms with Crippen LogP contribution in [-0.2, 0) is 0 Å². The molecule has 0 aliphatic heterocycles. The summed E-state index contributed by atoms with van der Waals surface area (Å²) in [6.45, 7) is 4.74. The van der Waals surface area contributed by atoms with E-state index in [0.717, 1.165) is 0 Å². The standard InChI is InChI=1S/C15H17NO.C2H6.CH4S/c17-12-11-16-15(13-7-3-1-4-8-13)14-9-5-2-6-10-14;2*1-2/h1-10,15-17H,11-12H2;1-2H3;2H,1H3. The molecule has 0 bridgehead atoms. The van der Waals surface area contributed by atoms with Crippen molar-refractivity contribution in [3.8, 4) is 0 Å². The third-order valence-electron chi connectivity index (χ3n) is 2.73. The lowest BCUT2D eigenvalue weighted by molar-refractivity contribution is 0.288. The summed E-state index contributed by atoms with van der Waals surface area (Å²) in [5, 5.41) is 12.3. The molecule has 2 rings (SSSR count). The van der Waals surface area contributed by atoms with Crippen LogP contribution in [0.3, 0.4) is 0 Å². The molecule has 0 aliphatic carbocycles.